The summed E-state index contributed by atoms with van der Waals surface area (Å²) < 4.78 is 18.7. The lowest BCUT2D eigenvalue weighted by atomic mass is 10.1. The van der Waals surface area contributed by atoms with Gasteiger partial charge in [0.15, 0.2) is 5.82 Å². The maximum absolute atomic E-state index is 13.5. The van der Waals surface area contributed by atoms with Gasteiger partial charge < -0.3 is 9.84 Å². The van der Waals surface area contributed by atoms with Gasteiger partial charge in [-0.05, 0) is 30.7 Å². The fraction of sp³-hybridized carbons (Fsp3) is 0.143. The van der Waals surface area contributed by atoms with Gasteiger partial charge in [0.1, 0.15) is 5.82 Å². The lowest BCUT2D eigenvalue weighted by Crippen LogP contribution is -2.23. The van der Waals surface area contributed by atoms with E-state index >= 15 is 0 Å². The van der Waals surface area contributed by atoms with Crippen LogP contribution in [0.15, 0.2) is 59.1 Å². The number of nitrogens with one attached hydrogen (secondary N) is 1. The van der Waals surface area contributed by atoms with Gasteiger partial charge in [0.2, 0.25) is 5.89 Å². The summed E-state index contributed by atoms with van der Waals surface area (Å²) in [4.78, 5) is 21.2. The molecule has 0 unspecified atom stereocenters. The minimum Gasteiger partial charge on any atom is -0.343 e. The minimum atomic E-state index is -0.395. The molecule has 0 aliphatic carbocycles. The number of pyridine rings is 1. The third kappa shape index (κ3) is 3.88. The van der Waals surface area contributed by atoms with Crippen LogP contribution < -0.4 is 5.32 Å². The van der Waals surface area contributed by atoms with Gasteiger partial charge in [0.05, 0.1) is 17.6 Å². The molecule has 0 spiro atoms. The Kier molecular flexibility index (Phi) is 4.80. The topological polar surface area (TPSA) is 80.9 Å². The highest BCUT2D eigenvalue weighted by Crippen LogP contribution is 2.19. The van der Waals surface area contributed by atoms with Crippen LogP contribution in [0.5, 0.6) is 0 Å². The molecule has 1 N–H and O–H groups in total. The van der Waals surface area contributed by atoms with Crippen molar-refractivity contribution < 1.29 is 13.7 Å². The van der Waals surface area contributed by atoms with Gasteiger partial charge in [-0.25, -0.2) is 4.39 Å². The summed E-state index contributed by atoms with van der Waals surface area (Å²) in [5.41, 5.74) is 2.57. The van der Waals surface area contributed by atoms with E-state index in [-0.39, 0.29) is 12.5 Å². The number of hydrogen-bond acceptors (Lipinski definition) is 5. The first-order valence-corrected chi connectivity index (χ1v) is 8.79. The van der Waals surface area contributed by atoms with Crippen molar-refractivity contribution in [3.63, 3.8) is 0 Å². The molecule has 0 aliphatic heterocycles. The normalized spacial score (nSPS) is 10.9. The predicted molar refractivity (Wildman–Crippen MR) is 101 cm³/mol. The van der Waals surface area contributed by atoms with Crippen LogP contribution in [0.1, 0.15) is 33.3 Å². The second-order valence-corrected chi connectivity index (χ2v) is 6.42. The highest BCUT2D eigenvalue weighted by Gasteiger charge is 2.14. The van der Waals surface area contributed by atoms with E-state index in [9.17, 15) is 9.18 Å². The number of fused-ring (bicyclic) bond motifs is 1. The quantitative estimate of drug-likeness (QED) is 0.576. The van der Waals surface area contributed by atoms with Crippen molar-refractivity contribution in [3.8, 4) is 0 Å². The van der Waals surface area contributed by atoms with Crippen LogP contribution in [0.3, 0.4) is 0 Å². The maximum atomic E-state index is 13.5. The Labute approximate surface area is 160 Å². The molecule has 7 heteroatoms. The predicted octanol–water partition coefficient (Wildman–Crippen LogP) is 3.59. The van der Waals surface area contributed by atoms with Crippen LogP contribution in [0, 0.1) is 12.7 Å². The van der Waals surface area contributed by atoms with E-state index in [1.54, 1.807) is 19.1 Å². The molecule has 0 saturated heterocycles. The zero-order valence-corrected chi connectivity index (χ0v) is 15.1. The maximum Gasteiger partial charge on any atom is 0.252 e. The average Bonchev–Trinajstić information content (AvgIpc) is 3.13. The first-order chi connectivity index (χ1) is 13.6. The Morgan fingerprint density at radius 1 is 1.11 bits per heavy atom. The van der Waals surface area contributed by atoms with E-state index in [1.807, 2.05) is 30.3 Å². The second kappa shape index (κ2) is 7.56. The number of carbonyl (C=O) groups excluding carboxylic acids is 1. The standard InChI is InChI=1S/C21H17FN4O2/c1-13-9-17(16-8-7-15(22)11-18(16)24-13)21(27)23-12-20-25-19(26-28-20)10-14-5-3-2-4-6-14/h2-9,11H,10,12H2,1H3,(H,23,27). The van der Waals surface area contributed by atoms with Crippen molar-refractivity contribution in [1.29, 1.82) is 0 Å². The number of aryl methyl sites for hydroxylation is 1. The number of rotatable bonds is 5. The number of hydrogen-bond donors (Lipinski definition) is 1. The van der Waals surface area contributed by atoms with Crippen LogP contribution >= 0.6 is 0 Å². The third-order valence-electron chi connectivity index (χ3n) is 4.26. The van der Waals surface area contributed by atoms with Crippen LogP contribution in [-0.4, -0.2) is 21.0 Å². The lowest BCUT2D eigenvalue weighted by Gasteiger charge is -2.08. The summed E-state index contributed by atoms with van der Waals surface area (Å²) in [7, 11) is 0. The summed E-state index contributed by atoms with van der Waals surface area (Å²) in [6, 6.07) is 15.7. The molecule has 2 aromatic carbocycles. The minimum absolute atomic E-state index is 0.102. The molecule has 0 atom stereocenters. The highest BCUT2D eigenvalue weighted by molar-refractivity contribution is 6.06. The fourth-order valence-electron chi connectivity index (χ4n) is 2.99. The Morgan fingerprint density at radius 3 is 2.75 bits per heavy atom. The first kappa shape index (κ1) is 17.8. The summed E-state index contributed by atoms with van der Waals surface area (Å²) >= 11 is 0. The zero-order valence-electron chi connectivity index (χ0n) is 15.1. The summed E-state index contributed by atoms with van der Waals surface area (Å²) in [6.07, 6.45) is 0.554. The first-order valence-electron chi connectivity index (χ1n) is 8.79. The molecule has 0 radical (unpaired) electrons. The number of halogens is 1. The molecule has 0 aliphatic rings. The van der Waals surface area contributed by atoms with Gasteiger partial charge in [-0.3, -0.25) is 9.78 Å². The fourth-order valence-corrected chi connectivity index (χ4v) is 2.99. The van der Waals surface area contributed by atoms with Crippen molar-refractivity contribution in [2.75, 3.05) is 0 Å². The Bertz CT molecular complexity index is 1140. The molecule has 28 heavy (non-hydrogen) atoms. The Hall–Kier alpha value is -3.61. The van der Waals surface area contributed by atoms with Crippen molar-refractivity contribution in [1.82, 2.24) is 20.4 Å². The number of amides is 1. The molecule has 4 rings (SSSR count). The van der Waals surface area contributed by atoms with Gasteiger partial charge in [-0.1, -0.05) is 35.5 Å². The van der Waals surface area contributed by atoms with Crippen LogP contribution in [0.2, 0.25) is 0 Å². The molecule has 0 saturated carbocycles. The number of nitrogens with zero attached hydrogens (tertiary/aromatic N) is 3. The molecule has 2 aromatic heterocycles. The molecule has 0 fully saturated rings. The van der Waals surface area contributed by atoms with E-state index in [4.69, 9.17) is 4.52 Å². The molecule has 4 aromatic rings. The molecule has 140 valence electrons. The van der Waals surface area contributed by atoms with E-state index in [1.165, 1.54) is 12.1 Å². The van der Waals surface area contributed by atoms with Crippen molar-refractivity contribution in [3.05, 3.63) is 89.0 Å². The van der Waals surface area contributed by atoms with E-state index in [0.29, 0.717) is 40.3 Å². The van der Waals surface area contributed by atoms with Crippen LogP contribution in [0.4, 0.5) is 4.39 Å². The van der Waals surface area contributed by atoms with Crippen LogP contribution in [0.25, 0.3) is 10.9 Å². The summed E-state index contributed by atoms with van der Waals surface area (Å²) in [5.74, 6) is 0.162. The lowest BCUT2D eigenvalue weighted by molar-refractivity contribution is 0.0947. The molecular weight excluding hydrogens is 359 g/mol. The van der Waals surface area contributed by atoms with E-state index < -0.39 is 5.82 Å². The second-order valence-electron chi connectivity index (χ2n) is 6.42. The molecule has 1 amide bonds. The third-order valence-corrected chi connectivity index (χ3v) is 4.26. The SMILES string of the molecule is Cc1cc(C(=O)NCc2nc(Cc3ccccc3)no2)c2ccc(F)cc2n1. The van der Waals surface area contributed by atoms with E-state index in [2.05, 4.69) is 20.4 Å². The van der Waals surface area contributed by atoms with Crippen LogP contribution in [-0.2, 0) is 13.0 Å². The monoisotopic (exact) mass is 376 g/mol. The summed E-state index contributed by atoms with van der Waals surface area (Å²) in [5, 5.41) is 7.30. The number of aromatic nitrogens is 3. The largest absolute Gasteiger partial charge is 0.343 e. The van der Waals surface area contributed by atoms with Crippen molar-refractivity contribution in [2.24, 2.45) is 0 Å². The average molecular weight is 376 g/mol. The van der Waals surface area contributed by atoms with Gasteiger partial charge in [0.25, 0.3) is 5.91 Å². The molecule has 0 bridgehead atoms. The Morgan fingerprint density at radius 2 is 1.93 bits per heavy atom. The highest BCUT2D eigenvalue weighted by atomic mass is 19.1. The number of carbonyl (C=O) groups is 1. The number of benzene rings is 2. The van der Waals surface area contributed by atoms with Gasteiger partial charge in [-0.15, -0.1) is 0 Å². The summed E-state index contributed by atoms with van der Waals surface area (Å²) in [6.45, 7) is 1.86. The van der Waals surface area contributed by atoms with Crippen molar-refractivity contribution in [2.45, 2.75) is 19.9 Å². The molecular formula is C21H17FN4O2. The molecule has 6 nitrogen and oxygen atoms in total. The molecule has 2 heterocycles. The van der Waals surface area contributed by atoms with E-state index in [0.717, 1.165) is 5.56 Å². The smallest absolute Gasteiger partial charge is 0.252 e. The van der Waals surface area contributed by atoms with Crippen molar-refractivity contribution >= 4 is 16.8 Å². The van der Waals surface area contributed by atoms with Gasteiger partial charge in [0, 0.05) is 23.6 Å². The Balaban J connectivity index is 1.47. The van der Waals surface area contributed by atoms with Gasteiger partial charge in [-0.2, -0.15) is 4.98 Å². The zero-order chi connectivity index (χ0) is 19.5. The van der Waals surface area contributed by atoms with Gasteiger partial charge >= 0.3 is 0 Å².